The maximum atomic E-state index is 12.7. The molecule has 3 fully saturated rings. The number of ether oxygens (including phenoxy) is 3. The molecule has 0 aromatic heterocycles. The van der Waals surface area contributed by atoms with E-state index >= 15 is 0 Å². The van der Waals surface area contributed by atoms with Crippen molar-refractivity contribution in [3.05, 3.63) is 64.2 Å². The Kier molecular flexibility index (Phi) is 5.40. The number of halogens is 1. The zero-order valence-corrected chi connectivity index (χ0v) is 18.7. The summed E-state index contributed by atoms with van der Waals surface area (Å²) in [6.07, 6.45) is 0.561. The van der Waals surface area contributed by atoms with Crippen LogP contribution in [-0.2, 0) is 19.1 Å². The molecular formula is C23H18BrNO8. The number of benzene rings is 2. The van der Waals surface area contributed by atoms with E-state index in [1.807, 2.05) is 0 Å². The van der Waals surface area contributed by atoms with Crippen LogP contribution in [-0.4, -0.2) is 40.2 Å². The number of carbonyl (C=O) groups excluding carboxylic acids is 3. The van der Waals surface area contributed by atoms with Crippen molar-refractivity contribution in [2.45, 2.75) is 17.4 Å². The molecule has 0 radical (unpaired) electrons. The van der Waals surface area contributed by atoms with Gasteiger partial charge in [-0.1, -0.05) is 15.9 Å². The van der Waals surface area contributed by atoms with Gasteiger partial charge in [-0.05, 0) is 48.7 Å². The molecule has 10 heteroatoms. The third-order valence-corrected chi connectivity index (χ3v) is 7.80. The SMILES string of the molecule is O=C(COC(=O)[C@@H]1[C@H]2C[C@H]3[C@H](OC(=O)[C@@H]31)[C@H]2Br)c1ccc(Oc2ccc([N+](=O)[O-])cc2)cc1. The van der Waals surface area contributed by atoms with Crippen LogP contribution in [0.1, 0.15) is 16.8 Å². The molecule has 2 aliphatic carbocycles. The molecule has 2 saturated carbocycles. The van der Waals surface area contributed by atoms with E-state index in [4.69, 9.17) is 14.2 Å². The van der Waals surface area contributed by atoms with Crippen LogP contribution < -0.4 is 4.74 Å². The lowest BCUT2D eigenvalue weighted by Gasteiger charge is -2.26. The fraction of sp³-hybridized carbons (Fsp3) is 0.348. The van der Waals surface area contributed by atoms with E-state index in [1.165, 1.54) is 24.3 Å². The number of carbonyl (C=O) groups is 3. The highest BCUT2D eigenvalue weighted by molar-refractivity contribution is 9.09. The van der Waals surface area contributed by atoms with Gasteiger partial charge in [0.25, 0.3) is 5.69 Å². The molecule has 1 heterocycles. The first kappa shape index (κ1) is 21.6. The Bertz CT molecular complexity index is 1130. The number of fused-ring (bicyclic) bond motifs is 1. The van der Waals surface area contributed by atoms with E-state index in [2.05, 4.69) is 15.9 Å². The van der Waals surface area contributed by atoms with Gasteiger partial charge >= 0.3 is 11.9 Å². The third kappa shape index (κ3) is 3.78. The van der Waals surface area contributed by atoms with Crippen LogP contribution in [0.25, 0.3) is 0 Å². The number of rotatable bonds is 7. The lowest BCUT2D eigenvalue weighted by atomic mass is 9.80. The van der Waals surface area contributed by atoms with Crippen molar-refractivity contribution in [3.63, 3.8) is 0 Å². The van der Waals surface area contributed by atoms with Gasteiger partial charge in [-0.3, -0.25) is 24.5 Å². The predicted octanol–water partition coefficient (Wildman–Crippen LogP) is 3.68. The Morgan fingerprint density at radius 2 is 1.70 bits per heavy atom. The van der Waals surface area contributed by atoms with Gasteiger partial charge < -0.3 is 14.2 Å². The number of nitro benzene ring substituents is 1. The van der Waals surface area contributed by atoms with Crippen LogP contribution in [0.3, 0.4) is 0 Å². The summed E-state index contributed by atoms with van der Waals surface area (Å²) >= 11 is 3.55. The fourth-order valence-corrected chi connectivity index (χ4v) is 6.14. The van der Waals surface area contributed by atoms with Crippen molar-refractivity contribution in [1.82, 2.24) is 0 Å². The number of ketones is 1. The maximum Gasteiger partial charge on any atom is 0.310 e. The molecule has 33 heavy (non-hydrogen) atoms. The Morgan fingerprint density at radius 3 is 2.33 bits per heavy atom. The number of hydrogen-bond acceptors (Lipinski definition) is 8. The summed E-state index contributed by atoms with van der Waals surface area (Å²) in [5.41, 5.74) is 0.296. The highest BCUT2D eigenvalue weighted by atomic mass is 79.9. The van der Waals surface area contributed by atoms with Gasteiger partial charge in [-0.15, -0.1) is 0 Å². The molecule has 2 aromatic carbocycles. The smallest absolute Gasteiger partial charge is 0.310 e. The minimum Gasteiger partial charge on any atom is -0.461 e. The summed E-state index contributed by atoms with van der Waals surface area (Å²) < 4.78 is 16.3. The van der Waals surface area contributed by atoms with E-state index in [9.17, 15) is 24.5 Å². The monoisotopic (exact) mass is 515 g/mol. The summed E-state index contributed by atoms with van der Waals surface area (Å²) in [4.78, 5) is 47.5. The zero-order valence-electron chi connectivity index (χ0n) is 17.1. The quantitative estimate of drug-likeness (QED) is 0.180. The molecule has 0 unspecified atom stereocenters. The Morgan fingerprint density at radius 1 is 1.06 bits per heavy atom. The lowest BCUT2D eigenvalue weighted by Crippen LogP contribution is -2.39. The summed E-state index contributed by atoms with van der Waals surface area (Å²) in [5.74, 6) is -1.49. The van der Waals surface area contributed by atoms with Crippen LogP contribution in [0.15, 0.2) is 48.5 Å². The lowest BCUT2D eigenvalue weighted by molar-refractivity contribution is -0.384. The molecule has 5 rings (SSSR count). The highest BCUT2D eigenvalue weighted by Gasteiger charge is 2.68. The largest absolute Gasteiger partial charge is 0.461 e. The molecule has 2 aromatic rings. The first-order valence-electron chi connectivity index (χ1n) is 10.4. The van der Waals surface area contributed by atoms with Gasteiger partial charge in [-0.2, -0.15) is 0 Å². The maximum absolute atomic E-state index is 12.7. The second-order valence-corrected chi connectivity index (χ2v) is 9.43. The number of esters is 2. The summed E-state index contributed by atoms with van der Waals surface area (Å²) in [6.45, 7) is -0.423. The molecule has 0 N–H and O–H groups in total. The van der Waals surface area contributed by atoms with Gasteiger partial charge in [0.1, 0.15) is 17.6 Å². The second-order valence-electron chi connectivity index (χ2n) is 8.37. The van der Waals surface area contributed by atoms with Gasteiger partial charge in [0.2, 0.25) is 0 Å². The summed E-state index contributed by atoms with van der Waals surface area (Å²) in [6, 6.07) is 11.9. The predicted molar refractivity (Wildman–Crippen MR) is 116 cm³/mol. The van der Waals surface area contributed by atoms with E-state index in [1.54, 1.807) is 24.3 Å². The van der Waals surface area contributed by atoms with Crippen molar-refractivity contribution in [3.8, 4) is 11.5 Å². The topological polar surface area (TPSA) is 122 Å². The molecule has 1 saturated heterocycles. The Hall–Kier alpha value is -3.27. The molecule has 0 amide bonds. The third-order valence-electron chi connectivity index (χ3n) is 6.60. The number of hydrogen-bond donors (Lipinski definition) is 0. The minimum absolute atomic E-state index is 0.0309. The van der Waals surface area contributed by atoms with Crippen LogP contribution in [0.5, 0.6) is 11.5 Å². The number of nitrogens with zero attached hydrogens (tertiary/aromatic N) is 1. The number of nitro groups is 1. The first-order valence-corrected chi connectivity index (χ1v) is 11.3. The van der Waals surface area contributed by atoms with Crippen molar-refractivity contribution in [2.75, 3.05) is 6.61 Å². The normalized spacial score (nSPS) is 28.9. The van der Waals surface area contributed by atoms with Crippen molar-refractivity contribution >= 4 is 39.3 Å². The first-order chi connectivity index (χ1) is 15.8. The van der Waals surface area contributed by atoms with Crippen molar-refractivity contribution < 1.29 is 33.5 Å². The molecule has 170 valence electrons. The average Bonchev–Trinajstić information content (AvgIpc) is 3.42. The van der Waals surface area contributed by atoms with Crippen LogP contribution in [0.2, 0.25) is 0 Å². The number of alkyl halides is 1. The molecule has 2 bridgehead atoms. The molecule has 3 aliphatic rings. The van der Waals surface area contributed by atoms with Crippen molar-refractivity contribution in [2.24, 2.45) is 23.7 Å². The number of Topliss-reactive ketones (excluding diaryl/α,β-unsaturated/α-hetero) is 1. The average molecular weight is 516 g/mol. The van der Waals surface area contributed by atoms with Crippen LogP contribution in [0, 0.1) is 33.8 Å². The molecule has 9 nitrogen and oxygen atoms in total. The van der Waals surface area contributed by atoms with E-state index in [0.29, 0.717) is 17.1 Å². The van der Waals surface area contributed by atoms with Gasteiger partial charge in [0.05, 0.1) is 21.6 Å². The van der Waals surface area contributed by atoms with Crippen LogP contribution >= 0.6 is 15.9 Å². The van der Waals surface area contributed by atoms with E-state index in [0.717, 1.165) is 6.42 Å². The second kappa shape index (κ2) is 8.26. The van der Waals surface area contributed by atoms with E-state index < -0.39 is 29.3 Å². The molecule has 0 spiro atoms. The number of non-ortho nitro benzene ring substituents is 1. The summed E-state index contributed by atoms with van der Waals surface area (Å²) in [5, 5.41) is 10.7. The van der Waals surface area contributed by atoms with E-state index in [-0.39, 0.29) is 40.2 Å². The fourth-order valence-electron chi connectivity index (χ4n) is 5.09. The Labute approximate surface area is 196 Å². The minimum atomic E-state index is -0.587. The van der Waals surface area contributed by atoms with Gasteiger partial charge in [0, 0.05) is 23.6 Å². The summed E-state index contributed by atoms with van der Waals surface area (Å²) in [7, 11) is 0. The van der Waals surface area contributed by atoms with Crippen molar-refractivity contribution in [1.29, 1.82) is 0 Å². The highest BCUT2D eigenvalue weighted by Crippen LogP contribution is 2.60. The standard InChI is InChI=1S/C23H18BrNO8/c24-20-15-9-16-19(23(28)33-21(16)20)18(15)22(27)31-10-17(26)11-1-5-13(6-2-11)32-14-7-3-12(4-8-14)25(29)30/h1-8,15-16,18-21H,9-10H2/t15-,16-,18-,19+,20+,21+/m1/s1. The molecule has 6 atom stereocenters. The van der Waals surface area contributed by atoms with Gasteiger partial charge in [0.15, 0.2) is 12.4 Å². The van der Waals surface area contributed by atoms with Crippen LogP contribution in [0.4, 0.5) is 5.69 Å². The zero-order chi connectivity index (χ0) is 23.3. The Balaban J connectivity index is 1.17. The molecular weight excluding hydrogens is 498 g/mol. The molecule has 1 aliphatic heterocycles. The van der Waals surface area contributed by atoms with Gasteiger partial charge in [-0.25, -0.2) is 0 Å².